The molecule has 3 fully saturated rings. The first kappa shape index (κ1) is 53.5. The van der Waals surface area contributed by atoms with Crippen molar-refractivity contribution in [3.05, 3.63) is 43.1 Å². The lowest BCUT2D eigenvalue weighted by Crippen LogP contribution is -3.15. The fourth-order valence-corrected chi connectivity index (χ4v) is 75.2. The second-order valence-electron chi connectivity index (χ2n) is 35.9. The van der Waals surface area contributed by atoms with Gasteiger partial charge in [0.15, 0.2) is 0 Å². The predicted octanol–water partition coefficient (Wildman–Crippen LogP) is 18.9. The van der Waals surface area contributed by atoms with Crippen molar-refractivity contribution >= 4 is 33.3 Å². The molecule has 2 nitrogen and oxygen atoms in total. The molecule has 4 atom stereocenters. The van der Waals surface area contributed by atoms with E-state index in [1.165, 1.54) is 0 Å². The van der Waals surface area contributed by atoms with E-state index in [-0.39, 0.29) is 83.6 Å². The molecule has 0 saturated carbocycles. The van der Waals surface area contributed by atoms with Crippen LogP contribution in [0, 0.1) is 65.0 Å². The molecule has 0 unspecified atom stereocenters. The molecular weight excluding hydrogens is 865 g/mol. The largest absolute Gasteiger partial charge is 0.414 e. The van der Waals surface area contributed by atoms with Crippen LogP contribution in [0.15, 0.2) is 43.1 Å². The summed E-state index contributed by atoms with van der Waals surface area (Å²) in [6.45, 7) is 94.1. The Balaban J connectivity index is 1.84. The molecule has 66 heavy (non-hydrogen) atoms. The third-order valence-corrected chi connectivity index (χ3v) is 55.8. The van der Waals surface area contributed by atoms with Crippen LogP contribution in [-0.4, -0.2) is 33.3 Å². The Morgan fingerprint density at radius 1 is 0.227 bits per heavy atom. The van der Waals surface area contributed by atoms with Gasteiger partial charge in [0.1, 0.15) is 16.1 Å². The van der Waals surface area contributed by atoms with Crippen molar-refractivity contribution in [3.8, 4) is 0 Å². The molecule has 0 bridgehead atoms. The van der Waals surface area contributed by atoms with Crippen molar-refractivity contribution in [3.63, 3.8) is 0 Å². The zero-order valence-electron chi connectivity index (χ0n) is 50.8. The van der Waals surface area contributed by atoms with Gasteiger partial charge in [-0.15, -0.1) is 0 Å². The lowest BCUT2D eigenvalue weighted by Gasteiger charge is -3.05. The molecule has 376 valence electrons. The molecule has 7 aliphatic heterocycles. The van der Waals surface area contributed by atoms with E-state index in [0.717, 1.165) is 0 Å². The van der Waals surface area contributed by atoms with Crippen molar-refractivity contribution in [1.82, 2.24) is 0 Å². The first-order valence-corrected chi connectivity index (χ1v) is 34.4. The molecule has 7 aliphatic rings. The van der Waals surface area contributed by atoms with Crippen LogP contribution in [0.3, 0.4) is 0 Å². The standard InChI is InChI=1S/C60H108O2Si4/c1-45(2,3)37-41(49(13,14)15)63-42(50(16,17)18)38(46(4,5)6)58(63,54(28,29)30)65(57(37,63)53(25,26)27)61-66(62-65)59(55(31,32)33)39(47(7,8)9)43(51(19,20)21)64(59)44(52(22,23)24)40(48(10,11)12)60(64,66)56(34,35)36/h1-36H3/t57-,58-,59-,60-,63?,64?/m1/s1. The van der Waals surface area contributed by atoms with E-state index >= 15 is 0 Å². The fraction of sp³-hybridized carbons (Fsp3) is 0.867. The molecular formula is C60H108O2Si4. The molecule has 3 saturated heterocycles. The van der Waals surface area contributed by atoms with Crippen LogP contribution in [0.1, 0.15) is 249 Å². The van der Waals surface area contributed by atoms with Gasteiger partial charge in [-0.3, -0.25) is 0 Å². The SMILES string of the molecule is CC(C)(C)C1=C(C(C)(C)C)[Si]23C(C(C)(C)C)=C(C(C)(C)C)[C@]2(C(C)(C)C)[Si]2(O[Si]4(O2)[C@@]2(C(C)(C)C)C(C(C)(C)C)=C(C(C)(C)C)[Si]25C(C(C)(C)C)=C(C(C)(C)C)[C@]45C(C)(C)C)[C@@]13C(C)(C)C. The van der Waals surface area contributed by atoms with Crippen molar-refractivity contribution in [2.45, 2.75) is 268 Å². The summed E-state index contributed by atoms with van der Waals surface area (Å²) < 4.78 is 19.0. The monoisotopic (exact) mass is 973 g/mol. The third kappa shape index (κ3) is 4.67. The average molecular weight is 974 g/mol. The molecule has 0 aromatic rings. The molecule has 7 heterocycles. The highest BCUT2D eigenvalue weighted by Crippen LogP contribution is 3.11. The topological polar surface area (TPSA) is 18.5 Å². The number of rotatable bonds is 0. The Labute approximate surface area is 415 Å². The van der Waals surface area contributed by atoms with Crippen LogP contribution in [0.2, 0.25) is 18.6 Å². The maximum atomic E-state index is 9.76. The molecule has 7 rings (SSSR count). The van der Waals surface area contributed by atoms with Crippen molar-refractivity contribution in [1.29, 1.82) is 0 Å². The summed E-state index contributed by atoms with van der Waals surface area (Å²) in [6.07, 6.45) is 0. The normalized spacial score (nSPS) is 38.7. The second-order valence-corrected chi connectivity index (χ2v) is 53.0. The van der Waals surface area contributed by atoms with Crippen molar-refractivity contribution in [2.24, 2.45) is 65.0 Å². The lowest BCUT2D eigenvalue weighted by atomic mass is 9.68. The highest BCUT2D eigenvalue weighted by Gasteiger charge is 3.17. The van der Waals surface area contributed by atoms with Crippen LogP contribution < -0.4 is 0 Å². The van der Waals surface area contributed by atoms with Crippen LogP contribution in [0.4, 0.5) is 0 Å². The van der Waals surface area contributed by atoms with Gasteiger partial charge >= 0.3 is 17.1 Å². The van der Waals surface area contributed by atoms with Gasteiger partial charge < -0.3 is 8.23 Å². The highest BCUT2D eigenvalue weighted by molar-refractivity contribution is 7.39. The van der Waals surface area contributed by atoms with E-state index in [0.29, 0.717) is 0 Å². The molecule has 6 heteroatoms. The van der Waals surface area contributed by atoms with Gasteiger partial charge in [0.25, 0.3) is 0 Å². The van der Waals surface area contributed by atoms with Crippen LogP contribution in [0.5, 0.6) is 0 Å². The Hall–Kier alpha value is -0.252. The molecule has 4 spiro atoms. The minimum absolute atomic E-state index is 0.0160. The number of hydrogen-bond acceptors (Lipinski definition) is 2. The van der Waals surface area contributed by atoms with E-state index in [4.69, 9.17) is 0 Å². The van der Waals surface area contributed by atoms with Gasteiger partial charge in [-0.2, -0.15) is 0 Å². The van der Waals surface area contributed by atoms with Crippen LogP contribution in [0.25, 0.3) is 0 Å². The zero-order valence-corrected chi connectivity index (χ0v) is 54.8. The number of allylic oxidation sites excluding steroid dienone is 8. The van der Waals surface area contributed by atoms with Crippen LogP contribution >= 0.6 is 0 Å². The first-order valence-electron chi connectivity index (χ1n) is 26.8. The molecule has 0 aliphatic carbocycles. The Morgan fingerprint density at radius 2 is 0.364 bits per heavy atom. The summed E-state index contributed by atoms with van der Waals surface area (Å²) in [6, 6.07) is 0. The Bertz CT molecular complexity index is 2000. The van der Waals surface area contributed by atoms with Gasteiger partial charge in [0, 0.05) is 18.6 Å². The van der Waals surface area contributed by atoms with Crippen molar-refractivity contribution in [2.75, 3.05) is 0 Å². The maximum Gasteiger partial charge on any atom is 0.338 e. The van der Waals surface area contributed by atoms with Gasteiger partial charge in [-0.05, 0) is 65.0 Å². The Morgan fingerprint density at radius 3 is 0.455 bits per heavy atom. The quantitative estimate of drug-likeness (QED) is 0.225. The van der Waals surface area contributed by atoms with Gasteiger partial charge in [0.05, 0.1) is 0 Å². The van der Waals surface area contributed by atoms with Crippen LogP contribution in [-0.2, 0) is 8.23 Å². The summed E-state index contributed by atoms with van der Waals surface area (Å²) in [5.41, 5.74) is 6.62. The lowest BCUT2D eigenvalue weighted by molar-refractivity contribution is 0.00834. The zero-order chi connectivity index (χ0) is 52.0. The second kappa shape index (κ2) is 12.4. The number of hydrogen-bond donors (Lipinski definition) is 0. The van der Waals surface area contributed by atoms with Gasteiger partial charge in [-0.1, -0.05) is 292 Å². The average Bonchev–Trinajstić information content (AvgIpc) is 2.85. The van der Waals surface area contributed by atoms with E-state index in [2.05, 4.69) is 249 Å². The Kier molecular flexibility index (Phi) is 10.0. The third-order valence-electron chi connectivity index (χ3n) is 19.3. The van der Waals surface area contributed by atoms with Crippen molar-refractivity contribution < 1.29 is 8.23 Å². The van der Waals surface area contributed by atoms with E-state index in [9.17, 15) is 8.23 Å². The number of fused-ring (bicyclic) bond motifs is 4. The summed E-state index contributed by atoms with van der Waals surface area (Å²) in [4.78, 5) is 0. The molecule has 0 radical (unpaired) electrons. The predicted molar refractivity (Wildman–Crippen MR) is 298 cm³/mol. The minimum atomic E-state index is -3.38. The summed E-state index contributed by atoms with van der Waals surface area (Å²) in [7, 11) is -12.2. The van der Waals surface area contributed by atoms with E-state index < -0.39 is 33.3 Å². The van der Waals surface area contributed by atoms with Gasteiger partial charge in [-0.25, -0.2) is 0 Å². The van der Waals surface area contributed by atoms with E-state index in [1.54, 1.807) is 22.3 Å². The van der Waals surface area contributed by atoms with Gasteiger partial charge in [0.2, 0.25) is 0 Å². The summed E-state index contributed by atoms with van der Waals surface area (Å²) >= 11 is 0. The molecule has 0 aromatic heterocycles. The summed E-state index contributed by atoms with van der Waals surface area (Å²) in [5.74, 6) is 0. The molecule has 0 amide bonds. The van der Waals surface area contributed by atoms with E-state index in [1.807, 2.05) is 20.8 Å². The molecule has 0 N–H and O–H groups in total. The summed E-state index contributed by atoms with van der Waals surface area (Å²) in [5, 5.41) is 7.48. The fourth-order valence-electron chi connectivity index (χ4n) is 20.6. The molecule has 0 aromatic carbocycles. The maximum absolute atomic E-state index is 9.76. The minimum Gasteiger partial charge on any atom is -0.414 e. The first-order chi connectivity index (χ1) is 28.4. The smallest absolute Gasteiger partial charge is 0.338 e. The highest BCUT2D eigenvalue weighted by atomic mass is 28.6.